The van der Waals surface area contributed by atoms with Crippen LogP contribution >= 0.6 is 0 Å². The van der Waals surface area contributed by atoms with Gasteiger partial charge in [0, 0.05) is 24.2 Å². The highest BCUT2D eigenvalue weighted by Crippen LogP contribution is 2.41. The number of hydrogen-bond donors (Lipinski definition) is 2. The molecule has 0 aromatic heterocycles. The van der Waals surface area contributed by atoms with Gasteiger partial charge >= 0.3 is 5.97 Å². The largest absolute Gasteiger partial charge is 0.478 e. The highest BCUT2D eigenvalue weighted by Gasteiger charge is 2.40. The fraction of sp³-hybridized carbons (Fsp3) is 0.500. The lowest BCUT2D eigenvalue weighted by Gasteiger charge is -2.51. The Bertz CT molecular complexity index is 459. The number of nitrogens with zero attached hydrogens (tertiary/aromatic N) is 1. The zero-order valence-corrected chi connectivity index (χ0v) is 10.9. The van der Waals surface area contributed by atoms with Crippen molar-refractivity contribution in [1.29, 1.82) is 0 Å². The van der Waals surface area contributed by atoms with Crippen LogP contribution in [0, 0.1) is 5.41 Å². The maximum Gasteiger partial charge on any atom is 0.337 e. The van der Waals surface area contributed by atoms with Crippen LogP contribution in [0.15, 0.2) is 18.2 Å². The third-order valence-electron chi connectivity index (χ3n) is 4.14. The summed E-state index contributed by atoms with van der Waals surface area (Å²) in [5.41, 5.74) is 7.59. The predicted octanol–water partition coefficient (Wildman–Crippen LogP) is 2.59. The van der Waals surface area contributed by atoms with E-state index in [0.29, 0.717) is 16.7 Å². The molecule has 0 aliphatic carbocycles. The lowest BCUT2D eigenvalue weighted by Crippen LogP contribution is -2.56. The highest BCUT2D eigenvalue weighted by atomic mass is 16.4. The molecule has 1 fully saturated rings. The molecule has 1 heterocycles. The smallest absolute Gasteiger partial charge is 0.337 e. The fourth-order valence-electron chi connectivity index (χ4n) is 2.63. The summed E-state index contributed by atoms with van der Waals surface area (Å²) in [5.74, 6) is -0.914. The Hall–Kier alpha value is -1.71. The van der Waals surface area contributed by atoms with Crippen molar-refractivity contribution >= 4 is 17.3 Å². The first-order valence-electron chi connectivity index (χ1n) is 6.39. The van der Waals surface area contributed by atoms with Gasteiger partial charge in [-0.1, -0.05) is 13.8 Å². The van der Waals surface area contributed by atoms with Gasteiger partial charge in [-0.3, -0.25) is 0 Å². The van der Waals surface area contributed by atoms with Crippen molar-refractivity contribution < 1.29 is 9.90 Å². The van der Waals surface area contributed by atoms with Crippen molar-refractivity contribution in [1.82, 2.24) is 0 Å². The molecule has 1 aromatic carbocycles. The number of carboxylic acid groups (broad SMARTS) is 1. The molecule has 1 aliphatic heterocycles. The SMILES string of the molecule is CCC1(CC)CN(c2ccc(N)cc2C(=O)O)C1. The fourth-order valence-corrected chi connectivity index (χ4v) is 2.63. The van der Waals surface area contributed by atoms with Crippen LogP contribution in [-0.2, 0) is 0 Å². The quantitative estimate of drug-likeness (QED) is 0.804. The number of hydrogen-bond acceptors (Lipinski definition) is 3. The molecule has 0 radical (unpaired) electrons. The first-order chi connectivity index (χ1) is 8.51. The number of benzene rings is 1. The molecule has 0 atom stereocenters. The van der Waals surface area contributed by atoms with Gasteiger partial charge in [0.2, 0.25) is 0 Å². The van der Waals surface area contributed by atoms with E-state index in [0.717, 1.165) is 31.6 Å². The zero-order valence-electron chi connectivity index (χ0n) is 10.9. The van der Waals surface area contributed by atoms with Crippen molar-refractivity contribution in [3.63, 3.8) is 0 Å². The Morgan fingerprint density at radius 2 is 2.00 bits per heavy atom. The molecule has 1 aliphatic rings. The number of nitrogen functional groups attached to an aromatic ring is 1. The van der Waals surface area contributed by atoms with Crippen LogP contribution in [0.4, 0.5) is 11.4 Å². The first kappa shape index (κ1) is 12.7. The summed E-state index contributed by atoms with van der Waals surface area (Å²) in [7, 11) is 0. The minimum absolute atomic E-state index is 0.302. The summed E-state index contributed by atoms with van der Waals surface area (Å²) >= 11 is 0. The summed E-state index contributed by atoms with van der Waals surface area (Å²) in [4.78, 5) is 13.4. The van der Waals surface area contributed by atoms with E-state index in [9.17, 15) is 9.90 Å². The lowest BCUT2D eigenvalue weighted by molar-refractivity contribution is 0.0696. The average Bonchev–Trinajstić information content (AvgIpc) is 2.30. The van der Waals surface area contributed by atoms with Gasteiger partial charge in [-0.15, -0.1) is 0 Å². The van der Waals surface area contributed by atoms with Gasteiger partial charge in [-0.2, -0.15) is 0 Å². The van der Waals surface area contributed by atoms with Gasteiger partial charge < -0.3 is 15.7 Å². The molecular weight excluding hydrogens is 228 g/mol. The van der Waals surface area contributed by atoms with Gasteiger partial charge in [0.1, 0.15) is 0 Å². The molecule has 0 saturated carbocycles. The first-order valence-corrected chi connectivity index (χ1v) is 6.39. The highest BCUT2D eigenvalue weighted by molar-refractivity contribution is 5.95. The molecule has 0 bridgehead atoms. The standard InChI is InChI=1S/C14H20N2O2/c1-3-14(4-2)8-16(9-14)12-6-5-10(15)7-11(12)13(17)18/h5-7H,3-4,8-9,15H2,1-2H3,(H,17,18). The molecule has 1 saturated heterocycles. The lowest BCUT2D eigenvalue weighted by atomic mass is 9.74. The maximum absolute atomic E-state index is 11.2. The van der Waals surface area contributed by atoms with E-state index >= 15 is 0 Å². The Morgan fingerprint density at radius 1 is 1.39 bits per heavy atom. The van der Waals surface area contributed by atoms with E-state index in [1.54, 1.807) is 6.07 Å². The number of carboxylic acids is 1. The molecule has 2 rings (SSSR count). The number of carbonyl (C=O) groups is 1. The third-order valence-corrected chi connectivity index (χ3v) is 4.14. The summed E-state index contributed by atoms with van der Waals surface area (Å²) in [5, 5.41) is 9.22. The second kappa shape index (κ2) is 4.52. The van der Waals surface area contributed by atoms with Crippen molar-refractivity contribution in [2.75, 3.05) is 23.7 Å². The Labute approximate surface area is 107 Å². The minimum Gasteiger partial charge on any atom is -0.478 e. The minimum atomic E-state index is -0.914. The molecule has 4 nitrogen and oxygen atoms in total. The second-order valence-corrected chi connectivity index (χ2v) is 5.14. The molecule has 4 heteroatoms. The van der Waals surface area contributed by atoms with Gasteiger partial charge in [0.25, 0.3) is 0 Å². The normalized spacial score (nSPS) is 17.3. The molecule has 0 amide bonds. The van der Waals surface area contributed by atoms with E-state index in [-0.39, 0.29) is 0 Å². The number of aromatic carboxylic acids is 1. The van der Waals surface area contributed by atoms with Gasteiger partial charge in [-0.05, 0) is 31.0 Å². The molecule has 3 N–H and O–H groups in total. The van der Waals surface area contributed by atoms with Crippen LogP contribution in [0.3, 0.4) is 0 Å². The van der Waals surface area contributed by atoms with Gasteiger partial charge in [-0.25, -0.2) is 4.79 Å². The van der Waals surface area contributed by atoms with Crippen molar-refractivity contribution in [2.24, 2.45) is 5.41 Å². The molecule has 18 heavy (non-hydrogen) atoms. The topological polar surface area (TPSA) is 66.6 Å². The monoisotopic (exact) mass is 248 g/mol. The number of anilines is 2. The van der Waals surface area contributed by atoms with Crippen molar-refractivity contribution in [3.8, 4) is 0 Å². The van der Waals surface area contributed by atoms with Crippen LogP contribution in [0.1, 0.15) is 37.0 Å². The van der Waals surface area contributed by atoms with Crippen LogP contribution < -0.4 is 10.6 Å². The summed E-state index contributed by atoms with van der Waals surface area (Å²) in [6, 6.07) is 5.11. The Balaban J connectivity index is 2.24. The van der Waals surface area contributed by atoms with Gasteiger partial charge in [0.05, 0.1) is 11.3 Å². The van der Waals surface area contributed by atoms with Crippen LogP contribution in [0.25, 0.3) is 0 Å². The van der Waals surface area contributed by atoms with Gasteiger partial charge in [0.15, 0.2) is 0 Å². The van der Waals surface area contributed by atoms with Crippen LogP contribution in [0.5, 0.6) is 0 Å². The molecule has 0 spiro atoms. The predicted molar refractivity (Wildman–Crippen MR) is 73.0 cm³/mol. The van der Waals surface area contributed by atoms with E-state index in [2.05, 4.69) is 18.7 Å². The van der Waals surface area contributed by atoms with E-state index < -0.39 is 5.97 Å². The van der Waals surface area contributed by atoms with E-state index in [4.69, 9.17) is 5.73 Å². The summed E-state index contributed by atoms with van der Waals surface area (Å²) < 4.78 is 0. The number of rotatable bonds is 4. The van der Waals surface area contributed by atoms with Crippen LogP contribution in [0.2, 0.25) is 0 Å². The van der Waals surface area contributed by atoms with Crippen molar-refractivity contribution in [3.05, 3.63) is 23.8 Å². The molecule has 1 aromatic rings. The molecule has 0 unspecified atom stereocenters. The Morgan fingerprint density at radius 3 is 2.50 bits per heavy atom. The number of nitrogens with two attached hydrogens (primary N) is 1. The summed E-state index contributed by atoms with van der Waals surface area (Å²) in [6.45, 7) is 6.26. The second-order valence-electron chi connectivity index (χ2n) is 5.14. The van der Waals surface area contributed by atoms with Crippen LogP contribution in [-0.4, -0.2) is 24.2 Å². The molecular formula is C14H20N2O2. The third kappa shape index (κ3) is 2.03. The molecule has 98 valence electrons. The van der Waals surface area contributed by atoms with E-state index in [1.807, 2.05) is 6.07 Å². The summed E-state index contributed by atoms with van der Waals surface area (Å²) in [6.07, 6.45) is 2.27. The maximum atomic E-state index is 11.2. The van der Waals surface area contributed by atoms with Crippen molar-refractivity contribution in [2.45, 2.75) is 26.7 Å². The average molecular weight is 248 g/mol. The zero-order chi connectivity index (χ0) is 13.3. The Kier molecular flexibility index (Phi) is 3.20. The van der Waals surface area contributed by atoms with E-state index in [1.165, 1.54) is 6.07 Å².